The van der Waals surface area contributed by atoms with Crippen LogP contribution in [0.1, 0.15) is 40.0 Å². The lowest BCUT2D eigenvalue weighted by molar-refractivity contribution is -0.160. The zero-order chi connectivity index (χ0) is 18.1. The average molecular weight is 405 g/mol. The van der Waals surface area contributed by atoms with Gasteiger partial charge < -0.3 is 19.6 Å². The van der Waals surface area contributed by atoms with Gasteiger partial charge in [-0.05, 0) is 39.5 Å². The largest absolute Gasteiger partial charge is 0.479 e. The molecular weight excluding hydrogens is 380 g/mol. The molecular formula is C16H25BrN2O5. The van der Waals surface area contributed by atoms with E-state index >= 15 is 0 Å². The Morgan fingerprint density at radius 1 is 1.33 bits per heavy atom. The van der Waals surface area contributed by atoms with Gasteiger partial charge in [0.2, 0.25) is 5.91 Å². The van der Waals surface area contributed by atoms with Gasteiger partial charge in [0.15, 0.2) is 0 Å². The molecule has 2 aliphatic heterocycles. The molecule has 2 heterocycles. The van der Waals surface area contributed by atoms with Gasteiger partial charge in [0, 0.05) is 31.4 Å². The quantitative estimate of drug-likeness (QED) is 0.727. The molecule has 0 radical (unpaired) electrons. The first-order valence-electron chi connectivity index (χ1n) is 8.17. The van der Waals surface area contributed by atoms with Crippen molar-refractivity contribution in [1.29, 1.82) is 0 Å². The number of amides is 2. The first kappa shape index (κ1) is 19.0. The number of aliphatic carboxylic acids is 1. The summed E-state index contributed by atoms with van der Waals surface area (Å²) in [6.07, 6.45) is 0.383. The summed E-state index contributed by atoms with van der Waals surface area (Å²) < 4.78 is 5.34. The molecule has 8 heteroatoms. The second-order valence-electron chi connectivity index (χ2n) is 7.53. The van der Waals surface area contributed by atoms with E-state index in [4.69, 9.17) is 4.74 Å². The molecule has 0 aromatic rings. The van der Waals surface area contributed by atoms with Gasteiger partial charge in [0.25, 0.3) is 0 Å². The molecule has 1 atom stereocenters. The van der Waals surface area contributed by atoms with E-state index in [9.17, 15) is 19.5 Å². The third-order valence-corrected chi connectivity index (χ3v) is 5.50. The van der Waals surface area contributed by atoms with Crippen molar-refractivity contribution < 1.29 is 24.2 Å². The summed E-state index contributed by atoms with van der Waals surface area (Å²) in [6.45, 7) is 6.36. The van der Waals surface area contributed by atoms with Crippen LogP contribution in [0.5, 0.6) is 0 Å². The zero-order valence-corrected chi connectivity index (χ0v) is 16.0. The van der Waals surface area contributed by atoms with E-state index in [1.165, 1.54) is 9.80 Å². The number of rotatable bonds is 3. The van der Waals surface area contributed by atoms with Gasteiger partial charge in [-0.25, -0.2) is 9.59 Å². The van der Waals surface area contributed by atoms with Crippen molar-refractivity contribution in [2.45, 2.75) is 51.2 Å². The minimum absolute atomic E-state index is 0.118. The maximum atomic E-state index is 12.3. The number of ether oxygens (including phenoxy) is 1. The van der Waals surface area contributed by atoms with Gasteiger partial charge in [-0.1, -0.05) is 15.9 Å². The van der Waals surface area contributed by atoms with E-state index in [0.29, 0.717) is 18.3 Å². The lowest BCUT2D eigenvalue weighted by atomic mass is 9.85. The normalized spacial score (nSPS) is 24.2. The summed E-state index contributed by atoms with van der Waals surface area (Å²) in [5.41, 5.74) is -1.81. The first-order chi connectivity index (χ1) is 11.1. The van der Waals surface area contributed by atoms with Crippen molar-refractivity contribution in [2.24, 2.45) is 5.92 Å². The maximum absolute atomic E-state index is 12.3. The number of hydrogen-bond acceptors (Lipinski definition) is 4. The summed E-state index contributed by atoms with van der Waals surface area (Å²) in [5.74, 6) is -0.972. The average Bonchev–Trinajstić information content (AvgIpc) is 2.87. The van der Waals surface area contributed by atoms with E-state index in [0.717, 1.165) is 0 Å². The Morgan fingerprint density at radius 2 is 1.92 bits per heavy atom. The Bertz CT molecular complexity index is 523. The minimum Gasteiger partial charge on any atom is -0.479 e. The molecule has 0 aromatic heterocycles. The standard InChI is InChI=1S/C16H25BrN2O5/c1-15(2,3)24-14(23)18-6-4-16(5-7-18,13(21)22)19-10-11(9-17)8-12(19)20/h11H,4-10H2,1-3H3,(H,21,22). The molecule has 7 nitrogen and oxygen atoms in total. The van der Waals surface area contributed by atoms with Gasteiger partial charge >= 0.3 is 12.1 Å². The summed E-state index contributed by atoms with van der Waals surface area (Å²) >= 11 is 3.37. The molecule has 2 amide bonds. The lowest BCUT2D eigenvalue weighted by Crippen LogP contribution is -2.61. The highest BCUT2D eigenvalue weighted by Gasteiger charge is 2.52. The first-order valence-corrected chi connectivity index (χ1v) is 9.29. The fourth-order valence-corrected chi connectivity index (χ4v) is 3.72. The molecule has 1 unspecified atom stereocenters. The number of carbonyl (C=O) groups excluding carboxylic acids is 2. The molecule has 2 aliphatic rings. The Kier molecular flexibility index (Phi) is 5.47. The van der Waals surface area contributed by atoms with Gasteiger partial charge in [0.1, 0.15) is 11.1 Å². The van der Waals surface area contributed by atoms with Crippen LogP contribution in [0.3, 0.4) is 0 Å². The van der Waals surface area contributed by atoms with Crippen molar-refractivity contribution in [3.63, 3.8) is 0 Å². The second-order valence-corrected chi connectivity index (χ2v) is 8.18. The summed E-state index contributed by atoms with van der Waals surface area (Å²) in [6, 6.07) is 0. The van der Waals surface area contributed by atoms with Crippen LogP contribution in [-0.4, -0.2) is 69.0 Å². The van der Waals surface area contributed by atoms with E-state index in [1.54, 1.807) is 20.8 Å². The fraction of sp³-hybridized carbons (Fsp3) is 0.812. The van der Waals surface area contributed by atoms with Crippen LogP contribution in [0.4, 0.5) is 4.79 Å². The third kappa shape index (κ3) is 3.84. The molecule has 0 saturated carbocycles. The molecule has 2 fully saturated rings. The highest BCUT2D eigenvalue weighted by Crippen LogP contribution is 2.35. The predicted octanol–water partition coefficient (Wildman–Crippen LogP) is 2.08. The van der Waals surface area contributed by atoms with E-state index in [2.05, 4.69) is 15.9 Å². The number of carboxylic acids is 1. The molecule has 2 saturated heterocycles. The van der Waals surface area contributed by atoms with Crippen molar-refractivity contribution in [3.05, 3.63) is 0 Å². The fourth-order valence-electron chi connectivity index (χ4n) is 3.28. The predicted molar refractivity (Wildman–Crippen MR) is 91.0 cm³/mol. The van der Waals surface area contributed by atoms with E-state index in [-0.39, 0.29) is 37.8 Å². The number of carboxylic acid groups (broad SMARTS) is 1. The zero-order valence-electron chi connectivity index (χ0n) is 14.4. The minimum atomic E-state index is -1.22. The maximum Gasteiger partial charge on any atom is 0.410 e. The van der Waals surface area contributed by atoms with Crippen LogP contribution < -0.4 is 0 Å². The number of piperidine rings is 1. The van der Waals surface area contributed by atoms with Crippen molar-refractivity contribution >= 4 is 33.9 Å². The Hall–Kier alpha value is -1.31. The highest BCUT2D eigenvalue weighted by molar-refractivity contribution is 9.09. The van der Waals surface area contributed by atoms with Gasteiger partial charge in [-0.15, -0.1) is 0 Å². The van der Waals surface area contributed by atoms with E-state index < -0.39 is 23.2 Å². The van der Waals surface area contributed by atoms with Gasteiger partial charge in [-0.3, -0.25) is 4.79 Å². The summed E-state index contributed by atoms with van der Waals surface area (Å²) in [5, 5.41) is 10.5. The topological polar surface area (TPSA) is 87.2 Å². The molecule has 2 rings (SSSR count). The molecule has 0 aromatic carbocycles. The van der Waals surface area contributed by atoms with Crippen LogP contribution in [0.2, 0.25) is 0 Å². The van der Waals surface area contributed by atoms with E-state index in [1.807, 2.05) is 0 Å². The van der Waals surface area contributed by atoms with Crippen LogP contribution in [0, 0.1) is 5.92 Å². The van der Waals surface area contributed by atoms with Crippen LogP contribution in [0.15, 0.2) is 0 Å². The summed E-state index contributed by atoms with van der Waals surface area (Å²) in [7, 11) is 0. The number of hydrogen-bond donors (Lipinski definition) is 1. The molecule has 0 spiro atoms. The molecule has 24 heavy (non-hydrogen) atoms. The van der Waals surface area contributed by atoms with Crippen molar-refractivity contribution in [2.75, 3.05) is 25.0 Å². The molecule has 1 N–H and O–H groups in total. The van der Waals surface area contributed by atoms with Crippen molar-refractivity contribution in [1.82, 2.24) is 9.80 Å². The van der Waals surface area contributed by atoms with Gasteiger partial charge in [-0.2, -0.15) is 0 Å². The molecule has 0 bridgehead atoms. The number of alkyl halides is 1. The molecule has 0 aliphatic carbocycles. The number of nitrogens with zero attached hydrogens (tertiary/aromatic N) is 2. The van der Waals surface area contributed by atoms with Crippen molar-refractivity contribution in [3.8, 4) is 0 Å². The number of likely N-dealkylation sites (tertiary alicyclic amines) is 2. The Balaban J connectivity index is 2.09. The van der Waals surface area contributed by atoms with Crippen LogP contribution in [0.25, 0.3) is 0 Å². The third-order valence-electron chi connectivity index (χ3n) is 4.58. The van der Waals surface area contributed by atoms with Gasteiger partial charge in [0.05, 0.1) is 0 Å². The number of halogens is 1. The second kappa shape index (κ2) is 6.90. The summed E-state index contributed by atoms with van der Waals surface area (Å²) in [4.78, 5) is 39.4. The smallest absolute Gasteiger partial charge is 0.410 e. The van der Waals surface area contributed by atoms with Crippen LogP contribution >= 0.6 is 15.9 Å². The lowest BCUT2D eigenvalue weighted by Gasteiger charge is -2.44. The molecule has 136 valence electrons. The highest BCUT2D eigenvalue weighted by atomic mass is 79.9. The Morgan fingerprint density at radius 3 is 2.33 bits per heavy atom. The monoisotopic (exact) mass is 404 g/mol. The number of carbonyl (C=O) groups is 3. The van der Waals surface area contributed by atoms with Crippen LogP contribution in [-0.2, 0) is 14.3 Å². The SMILES string of the molecule is CC(C)(C)OC(=O)N1CCC(C(=O)O)(N2CC(CBr)CC2=O)CC1. The Labute approximate surface area is 150 Å².